The van der Waals surface area contributed by atoms with Crippen LogP contribution in [-0.2, 0) is 6.54 Å². The van der Waals surface area contributed by atoms with E-state index in [1.54, 1.807) is 12.1 Å². The van der Waals surface area contributed by atoms with E-state index in [1.807, 2.05) is 19.1 Å². The Hall–Kier alpha value is -1.21. The molecular formula is C18H20ClFINO2. The van der Waals surface area contributed by atoms with Gasteiger partial charge in [0, 0.05) is 12.2 Å². The summed E-state index contributed by atoms with van der Waals surface area (Å²) < 4.78 is 25.7. The largest absolute Gasteiger partial charge is 0.490 e. The van der Waals surface area contributed by atoms with Crippen molar-refractivity contribution in [2.24, 2.45) is 0 Å². The summed E-state index contributed by atoms with van der Waals surface area (Å²) in [6.07, 6.45) is 0.941. The van der Waals surface area contributed by atoms with Gasteiger partial charge in [0.1, 0.15) is 5.82 Å². The molecule has 130 valence electrons. The van der Waals surface area contributed by atoms with Crippen molar-refractivity contribution in [2.45, 2.75) is 26.8 Å². The maximum atomic E-state index is 13.2. The highest BCUT2D eigenvalue weighted by atomic mass is 127. The molecule has 0 aliphatic rings. The molecule has 0 saturated heterocycles. The average Bonchev–Trinajstić information content (AvgIpc) is 2.55. The SMILES string of the molecule is CCCOc1c(I)cc(CNc2ccc(F)c(Cl)c2)cc1OCC. The van der Waals surface area contributed by atoms with Crippen molar-refractivity contribution in [3.05, 3.63) is 50.3 Å². The number of nitrogens with one attached hydrogen (secondary N) is 1. The molecule has 0 unspecified atom stereocenters. The third-order valence-corrected chi connectivity index (χ3v) is 4.33. The highest BCUT2D eigenvalue weighted by Crippen LogP contribution is 2.34. The first-order valence-electron chi connectivity index (χ1n) is 7.82. The molecule has 2 aromatic rings. The summed E-state index contributed by atoms with van der Waals surface area (Å²) in [5, 5.41) is 3.34. The van der Waals surface area contributed by atoms with Gasteiger partial charge in [-0.3, -0.25) is 0 Å². The lowest BCUT2D eigenvalue weighted by Gasteiger charge is -2.16. The van der Waals surface area contributed by atoms with Gasteiger partial charge in [0.25, 0.3) is 0 Å². The highest BCUT2D eigenvalue weighted by molar-refractivity contribution is 14.1. The van der Waals surface area contributed by atoms with E-state index in [-0.39, 0.29) is 5.02 Å². The molecule has 0 heterocycles. The third kappa shape index (κ3) is 5.14. The molecule has 0 aromatic heterocycles. The average molecular weight is 464 g/mol. The van der Waals surface area contributed by atoms with Crippen LogP contribution in [0.15, 0.2) is 30.3 Å². The molecule has 0 radical (unpaired) electrons. The Balaban J connectivity index is 2.16. The summed E-state index contributed by atoms with van der Waals surface area (Å²) >= 11 is 8.06. The molecule has 0 aliphatic heterocycles. The maximum Gasteiger partial charge on any atom is 0.174 e. The Bertz CT molecular complexity index is 697. The van der Waals surface area contributed by atoms with Gasteiger partial charge in [-0.15, -0.1) is 0 Å². The van der Waals surface area contributed by atoms with Crippen LogP contribution in [0.1, 0.15) is 25.8 Å². The molecule has 3 nitrogen and oxygen atoms in total. The van der Waals surface area contributed by atoms with Crippen molar-refractivity contribution in [2.75, 3.05) is 18.5 Å². The minimum absolute atomic E-state index is 0.105. The van der Waals surface area contributed by atoms with Gasteiger partial charge in [-0.05, 0) is 71.8 Å². The van der Waals surface area contributed by atoms with Crippen LogP contribution in [0.5, 0.6) is 11.5 Å². The molecule has 0 spiro atoms. The maximum absolute atomic E-state index is 13.2. The predicted molar refractivity (Wildman–Crippen MR) is 105 cm³/mol. The van der Waals surface area contributed by atoms with Crippen LogP contribution in [0, 0.1) is 9.39 Å². The summed E-state index contributed by atoms with van der Waals surface area (Å²) in [7, 11) is 0. The zero-order chi connectivity index (χ0) is 17.5. The topological polar surface area (TPSA) is 30.5 Å². The van der Waals surface area contributed by atoms with Crippen LogP contribution in [0.2, 0.25) is 5.02 Å². The fraction of sp³-hybridized carbons (Fsp3) is 0.333. The van der Waals surface area contributed by atoms with Gasteiger partial charge in [-0.2, -0.15) is 0 Å². The Morgan fingerprint density at radius 1 is 1.17 bits per heavy atom. The number of hydrogen-bond acceptors (Lipinski definition) is 3. The Morgan fingerprint density at radius 2 is 1.96 bits per heavy atom. The van der Waals surface area contributed by atoms with E-state index >= 15 is 0 Å². The van der Waals surface area contributed by atoms with Crippen molar-refractivity contribution < 1.29 is 13.9 Å². The number of ether oxygens (including phenoxy) is 2. The van der Waals surface area contributed by atoms with E-state index in [2.05, 4.69) is 34.8 Å². The molecule has 0 bridgehead atoms. The molecule has 0 amide bonds. The quantitative estimate of drug-likeness (QED) is 0.496. The molecule has 0 saturated carbocycles. The van der Waals surface area contributed by atoms with Gasteiger partial charge in [-0.1, -0.05) is 18.5 Å². The normalized spacial score (nSPS) is 10.5. The summed E-state index contributed by atoms with van der Waals surface area (Å²) in [5.74, 6) is 1.10. The van der Waals surface area contributed by atoms with Crippen LogP contribution < -0.4 is 14.8 Å². The Labute approximate surface area is 160 Å². The standard InChI is InChI=1S/C18H20ClFINO2/c1-3-7-24-18-16(21)8-12(9-17(18)23-4-2)11-22-13-5-6-15(20)14(19)10-13/h5-6,8-10,22H,3-4,7,11H2,1-2H3. The van der Waals surface area contributed by atoms with Crippen LogP contribution in [0.25, 0.3) is 0 Å². The molecule has 0 atom stereocenters. The van der Waals surface area contributed by atoms with Crippen LogP contribution in [0.4, 0.5) is 10.1 Å². The second kappa shape index (κ2) is 9.32. The first-order chi connectivity index (χ1) is 11.5. The van der Waals surface area contributed by atoms with Gasteiger partial charge in [0.15, 0.2) is 11.5 Å². The van der Waals surface area contributed by atoms with Crippen molar-refractivity contribution >= 4 is 39.9 Å². The number of benzene rings is 2. The predicted octanol–water partition coefficient (Wildman–Crippen LogP) is 5.88. The lowest BCUT2D eigenvalue weighted by molar-refractivity contribution is 0.275. The fourth-order valence-corrected chi connectivity index (χ4v) is 3.14. The van der Waals surface area contributed by atoms with Gasteiger partial charge < -0.3 is 14.8 Å². The Morgan fingerprint density at radius 3 is 2.62 bits per heavy atom. The monoisotopic (exact) mass is 463 g/mol. The van der Waals surface area contributed by atoms with Crippen LogP contribution >= 0.6 is 34.2 Å². The van der Waals surface area contributed by atoms with E-state index in [0.29, 0.717) is 19.8 Å². The van der Waals surface area contributed by atoms with Crippen molar-refractivity contribution in [3.63, 3.8) is 0 Å². The number of anilines is 1. The summed E-state index contributed by atoms with van der Waals surface area (Å²) in [5.41, 5.74) is 1.81. The number of hydrogen-bond donors (Lipinski definition) is 1. The summed E-state index contributed by atoms with van der Waals surface area (Å²) in [6, 6.07) is 8.60. The van der Waals surface area contributed by atoms with E-state index < -0.39 is 5.82 Å². The lowest BCUT2D eigenvalue weighted by atomic mass is 10.2. The van der Waals surface area contributed by atoms with Crippen molar-refractivity contribution in [1.82, 2.24) is 0 Å². The third-order valence-electron chi connectivity index (χ3n) is 3.24. The minimum atomic E-state index is -0.423. The first-order valence-corrected chi connectivity index (χ1v) is 9.27. The molecule has 1 N–H and O–H groups in total. The smallest absolute Gasteiger partial charge is 0.174 e. The summed E-state index contributed by atoms with van der Waals surface area (Å²) in [4.78, 5) is 0. The molecule has 0 aliphatic carbocycles. The van der Waals surface area contributed by atoms with Gasteiger partial charge in [0.2, 0.25) is 0 Å². The minimum Gasteiger partial charge on any atom is -0.490 e. The van der Waals surface area contributed by atoms with Crippen molar-refractivity contribution in [1.29, 1.82) is 0 Å². The van der Waals surface area contributed by atoms with E-state index in [1.165, 1.54) is 6.07 Å². The molecule has 24 heavy (non-hydrogen) atoms. The first kappa shape index (κ1) is 19.1. The molecular weight excluding hydrogens is 444 g/mol. The van der Waals surface area contributed by atoms with Crippen molar-refractivity contribution in [3.8, 4) is 11.5 Å². The lowest BCUT2D eigenvalue weighted by Crippen LogP contribution is -2.05. The van der Waals surface area contributed by atoms with E-state index in [0.717, 1.165) is 32.7 Å². The number of rotatable bonds is 8. The second-order valence-corrected chi connectivity index (χ2v) is 6.74. The van der Waals surface area contributed by atoms with E-state index in [9.17, 15) is 4.39 Å². The van der Waals surface area contributed by atoms with Crippen LogP contribution in [0.3, 0.4) is 0 Å². The second-order valence-electron chi connectivity index (χ2n) is 5.17. The molecule has 0 fully saturated rings. The van der Waals surface area contributed by atoms with Gasteiger partial charge in [-0.25, -0.2) is 4.39 Å². The zero-order valence-corrected chi connectivity index (χ0v) is 16.6. The fourth-order valence-electron chi connectivity index (χ4n) is 2.14. The highest BCUT2D eigenvalue weighted by Gasteiger charge is 2.12. The molecule has 6 heteroatoms. The van der Waals surface area contributed by atoms with E-state index in [4.69, 9.17) is 21.1 Å². The van der Waals surface area contributed by atoms with Gasteiger partial charge in [0.05, 0.1) is 21.8 Å². The molecule has 2 aromatic carbocycles. The zero-order valence-electron chi connectivity index (χ0n) is 13.7. The summed E-state index contributed by atoms with van der Waals surface area (Å²) in [6.45, 7) is 5.82. The number of halogens is 3. The molecule has 2 rings (SSSR count). The Kier molecular flexibility index (Phi) is 7.42. The van der Waals surface area contributed by atoms with Crippen LogP contribution in [-0.4, -0.2) is 13.2 Å². The van der Waals surface area contributed by atoms with Gasteiger partial charge >= 0.3 is 0 Å².